The Labute approximate surface area is 124 Å². The zero-order valence-electron chi connectivity index (χ0n) is 12.3. The Morgan fingerprint density at radius 2 is 1.62 bits per heavy atom. The van der Waals surface area contributed by atoms with Gasteiger partial charge < -0.3 is 5.73 Å². The summed E-state index contributed by atoms with van der Waals surface area (Å²) in [5.41, 5.74) is 8.69. The molecule has 1 unspecified atom stereocenters. The molecule has 0 aliphatic rings. The normalized spacial score (nSPS) is 12.7. The van der Waals surface area contributed by atoms with Gasteiger partial charge in [0.25, 0.3) is 0 Å². The molecule has 2 aromatic carbocycles. The van der Waals surface area contributed by atoms with E-state index in [4.69, 9.17) is 5.73 Å². The number of aryl methyl sites for hydroxylation is 1. The summed E-state index contributed by atoms with van der Waals surface area (Å²) in [6, 6.07) is 11.5. The predicted octanol–water partition coefficient (Wildman–Crippen LogP) is 3.41. The highest BCUT2D eigenvalue weighted by Gasteiger charge is 2.17. The first-order chi connectivity index (χ1) is 9.99. The fourth-order valence-electron chi connectivity index (χ4n) is 2.43. The van der Waals surface area contributed by atoms with Crippen LogP contribution >= 0.6 is 0 Å². The Balaban J connectivity index is 2.17. The summed E-state index contributed by atoms with van der Waals surface area (Å²) in [5.74, 6) is -1.15. The van der Waals surface area contributed by atoms with Crippen LogP contribution in [0.1, 0.15) is 22.7 Å². The van der Waals surface area contributed by atoms with E-state index < -0.39 is 11.6 Å². The summed E-state index contributed by atoms with van der Waals surface area (Å²) in [7, 11) is 1.90. The summed E-state index contributed by atoms with van der Waals surface area (Å²) in [6.45, 7) is 3.00. The van der Waals surface area contributed by atoms with Crippen molar-refractivity contribution >= 4 is 0 Å². The fourth-order valence-corrected chi connectivity index (χ4v) is 2.43. The van der Waals surface area contributed by atoms with Gasteiger partial charge in [-0.2, -0.15) is 0 Å². The SMILES string of the molecule is Cc1ccc(CN(C)C(CN)c2cc(F)cc(F)c2)cc1. The van der Waals surface area contributed by atoms with E-state index in [1.54, 1.807) is 0 Å². The number of nitrogens with two attached hydrogens (primary N) is 1. The van der Waals surface area contributed by atoms with Gasteiger partial charge in [0.05, 0.1) is 0 Å². The van der Waals surface area contributed by atoms with Gasteiger partial charge in [0.15, 0.2) is 0 Å². The van der Waals surface area contributed by atoms with Crippen LogP contribution in [-0.2, 0) is 6.54 Å². The molecule has 4 heteroatoms. The minimum atomic E-state index is -0.577. The van der Waals surface area contributed by atoms with Crippen LogP contribution in [0.4, 0.5) is 8.78 Å². The summed E-state index contributed by atoms with van der Waals surface area (Å²) in [6.07, 6.45) is 0. The van der Waals surface area contributed by atoms with Crippen molar-refractivity contribution in [2.75, 3.05) is 13.6 Å². The van der Waals surface area contributed by atoms with Crippen molar-refractivity contribution in [2.45, 2.75) is 19.5 Å². The Morgan fingerprint density at radius 1 is 1.05 bits per heavy atom. The first-order valence-electron chi connectivity index (χ1n) is 6.91. The van der Waals surface area contributed by atoms with Crippen molar-refractivity contribution < 1.29 is 8.78 Å². The number of likely N-dealkylation sites (N-methyl/N-ethyl adjacent to an activating group) is 1. The van der Waals surface area contributed by atoms with Crippen molar-refractivity contribution in [3.63, 3.8) is 0 Å². The van der Waals surface area contributed by atoms with Crippen LogP contribution in [0, 0.1) is 18.6 Å². The highest BCUT2D eigenvalue weighted by atomic mass is 19.1. The van der Waals surface area contributed by atoms with Crippen LogP contribution in [0.3, 0.4) is 0 Å². The smallest absolute Gasteiger partial charge is 0.126 e. The summed E-state index contributed by atoms with van der Waals surface area (Å²) < 4.78 is 26.7. The maximum atomic E-state index is 13.4. The van der Waals surface area contributed by atoms with E-state index in [9.17, 15) is 8.78 Å². The second-order valence-corrected chi connectivity index (χ2v) is 5.35. The Morgan fingerprint density at radius 3 is 2.14 bits per heavy atom. The number of nitrogens with zero attached hydrogens (tertiary/aromatic N) is 1. The molecule has 0 aliphatic heterocycles. The maximum Gasteiger partial charge on any atom is 0.126 e. The largest absolute Gasteiger partial charge is 0.329 e. The minimum Gasteiger partial charge on any atom is -0.329 e. The molecule has 0 spiro atoms. The highest BCUT2D eigenvalue weighted by molar-refractivity contribution is 5.24. The number of rotatable bonds is 5. The van der Waals surface area contributed by atoms with E-state index in [0.29, 0.717) is 18.7 Å². The Kier molecular flexibility index (Phi) is 5.04. The van der Waals surface area contributed by atoms with Gasteiger partial charge in [-0.05, 0) is 37.2 Å². The molecule has 0 fully saturated rings. The quantitative estimate of drug-likeness (QED) is 0.914. The van der Waals surface area contributed by atoms with Gasteiger partial charge in [0.1, 0.15) is 11.6 Å². The lowest BCUT2D eigenvalue weighted by Crippen LogP contribution is -2.30. The van der Waals surface area contributed by atoms with Gasteiger partial charge in [-0.3, -0.25) is 4.90 Å². The average molecular weight is 290 g/mol. The van der Waals surface area contributed by atoms with Crippen LogP contribution in [-0.4, -0.2) is 18.5 Å². The molecular weight excluding hydrogens is 270 g/mol. The van der Waals surface area contributed by atoms with E-state index >= 15 is 0 Å². The van der Waals surface area contributed by atoms with Crippen molar-refractivity contribution in [3.05, 3.63) is 70.8 Å². The molecule has 0 saturated heterocycles. The standard InChI is InChI=1S/C17H20F2N2/c1-12-3-5-13(6-4-12)11-21(2)17(10-20)14-7-15(18)9-16(19)8-14/h3-9,17H,10-11,20H2,1-2H3. The van der Waals surface area contributed by atoms with Gasteiger partial charge in [0, 0.05) is 25.2 Å². The van der Waals surface area contributed by atoms with E-state index in [-0.39, 0.29) is 6.04 Å². The van der Waals surface area contributed by atoms with Gasteiger partial charge in [-0.1, -0.05) is 29.8 Å². The number of hydrogen-bond donors (Lipinski definition) is 1. The molecule has 2 rings (SSSR count). The van der Waals surface area contributed by atoms with Gasteiger partial charge in [0.2, 0.25) is 0 Å². The van der Waals surface area contributed by atoms with Crippen molar-refractivity contribution in [1.82, 2.24) is 4.90 Å². The van der Waals surface area contributed by atoms with E-state index in [1.165, 1.54) is 17.7 Å². The molecule has 0 aliphatic carbocycles. The van der Waals surface area contributed by atoms with E-state index in [1.807, 2.05) is 43.1 Å². The van der Waals surface area contributed by atoms with E-state index in [0.717, 1.165) is 11.6 Å². The lowest BCUT2D eigenvalue weighted by molar-refractivity contribution is 0.241. The lowest BCUT2D eigenvalue weighted by Gasteiger charge is -2.27. The Hall–Kier alpha value is -1.78. The molecule has 2 nitrogen and oxygen atoms in total. The molecule has 0 amide bonds. The number of hydrogen-bond acceptors (Lipinski definition) is 2. The first-order valence-corrected chi connectivity index (χ1v) is 6.91. The van der Waals surface area contributed by atoms with Crippen LogP contribution < -0.4 is 5.73 Å². The fraction of sp³-hybridized carbons (Fsp3) is 0.294. The molecule has 1 atom stereocenters. The Bertz CT molecular complexity index is 576. The summed E-state index contributed by atoms with van der Waals surface area (Å²) >= 11 is 0. The molecular formula is C17H20F2N2. The minimum absolute atomic E-state index is 0.225. The zero-order chi connectivity index (χ0) is 15.4. The molecule has 0 heterocycles. The average Bonchev–Trinajstić information content (AvgIpc) is 2.41. The first kappa shape index (κ1) is 15.6. The monoisotopic (exact) mass is 290 g/mol. The maximum absolute atomic E-state index is 13.4. The van der Waals surface area contributed by atoms with Crippen LogP contribution in [0.25, 0.3) is 0 Å². The molecule has 0 saturated carbocycles. The van der Waals surface area contributed by atoms with Crippen molar-refractivity contribution in [3.8, 4) is 0 Å². The molecule has 0 radical (unpaired) electrons. The zero-order valence-corrected chi connectivity index (χ0v) is 12.3. The second kappa shape index (κ2) is 6.78. The third-order valence-electron chi connectivity index (χ3n) is 3.58. The topological polar surface area (TPSA) is 29.3 Å². The molecule has 2 aromatic rings. The molecule has 0 aromatic heterocycles. The lowest BCUT2D eigenvalue weighted by atomic mass is 10.0. The molecule has 0 bridgehead atoms. The van der Waals surface area contributed by atoms with Gasteiger partial charge >= 0.3 is 0 Å². The van der Waals surface area contributed by atoms with Gasteiger partial charge in [-0.15, -0.1) is 0 Å². The van der Waals surface area contributed by atoms with Crippen LogP contribution in [0.5, 0.6) is 0 Å². The third-order valence-corrected chi connectivity index (χ3v) is 3.58. The summed E-state index contributed by atoms with van der Waals surface area (Å²) in [5, 5.41) is 0. The van der Waals surface area contributed by atoms with E-state index in [2.05, 4.69) is 0 Å². The van der Waals surface area contributed by atoms with Crippen molar-refractivity contribution in [2.24, 2.45) is 5.73 Å². The predicted molar refractivity (Wildman–Crippen MR) is 80.8 cm³/mol. The molecule has 21 heavy (non-hydrogen) atoms. The molecule has 2 N–H and O–H groups in total. The number of benzene rings is 2. The third kappa shape index (κ3) is 4.09. The van der Waals surface area contributed by atoms with Crippen LogP contribution in [0.15, 0.2) is 42.5 Å². The van der Waals surface area contributed by atoms with Crippen LogP contribution in [0.2, 0.25) is 0 Å². The highest BCUT2D eigenvalue weighted by Crippen LogP contribution is 2.22. The number of halogens is 2. The molecule has 112 valence electrons. The van der Waals surface area contributed by atoms with Gasteiger partial charge in [-0.25, -0.2) is 8.78 Å². The second-order valence-electron chi connectivity index (χ2n) is 5.35. The summed E-state index contributed by atoms with van der Waals surface area (Å²) in [4.78, 5) is 2.00. The van der Waals surface area contributed by atoms with Crippen molar-refractivity contribution in [1.29, 1.82) is 0 Å².